The van der Waals surface area contributed by atoms with E-state index in [9.17, 15) is 5.11 Å². The summed E-state index contributed by atoms with van der Waals surface area (Å²) in [4.78, 5) is 6.87. The van der Waals surface area contributed by atoms with Crippen molar-refractivity contribution in [1.82, 2.24) is 10.2 Å². The van der Waals surface area contributed by atoms with Crippen molar-refractivity contribution < 1.29 is 9.84 Å². The second-order valence-electron chi connectivity index (χ2n) is 6.02. The van der Waals surface area contributed by atoms with Crippen LogP contribution < -0.4 is 5.32 Å². The lowest BCUT2D eigenvalue weighted by Crippen LogP contribution is -2.40. The van der Waals surface area contributed by atoms with E-state index in [1.54, 1.807) is 12.1 Å². The van der Waals surface area contributed by atoms with Crippen molar-refractivity contribution >= 4 is 41.5 Å². The maximum Gasteiger partial charge on any atom is 0.194 e. The zero-order valence-corrected chi connectivity index (χ0v) is 18.0. The van der Waals surface area contributed by atoms with Crippen molar-refractivity contribution in [3.05, 3.63) is 34.9 Å². The molecule has 1 aromatic carbocycles. The van der Waals surface area contributed by atoms with Crippen LogP contribution in [0.1, 0.15) is 31.9 Å². The van der Waals surface area contributed by atoms with Crippen LogP contribution in [0.25, 0.3) is 0 Å². The van der Waals surface area contributed by atoms with E-state index in [0.717, 1.165) is 50.8 Å². The molecular weight excluding hydrogens is 453 g/mol. The van der Waals surface area contributed by atoms with Crippen molar-refractivity contribution in [2.45, 2.75) is 26.4 Å². The molecule has 7 heteroatoms. The lowest BCUT2D eigenvalue weighted by molar-refractivity contribution is 0.114. The highest BCUT2D eigenvalue weighted by Crippen LogP contribution is 2.19. The van der Waals surface area contributed by atoms with E-state index < -0.39 is 6.10 Å². The number of aliphatic imine (C=N–C) groups is 1. The minimum atomic E-state index is -0.627. The first kappa shape index (κ1) is 22.5. The van der Waals surface area contributed by atoms with Gasteiger partial charge in [-0.1, -0.05) is 23.7 Å². The Balaban J connectivity index is 0.00000312. The normalized spacial score (nSPS) is 18.8. The number of aliphatic hydroxyl groups excluding tert-OH is 1. The van der Waals surface area contributed by atoms with Crippen molar-refractivity contribution in [1.29, 1.82) is 0 Å². The summed E-state index contributed by atoms with van der Waals surface area (Å²) in [5, 5.41) is 14.3. The number of nitrogens with zero attached hydrogens (tertiary/aromatic N) is 2. The highest BCUT2D eigenvalue weighted by atomic mass is 127. The fourth-order valence-corrected chi connectivity index (χ4v) is 2.96. The van der Waals surface area contributed by atoms with E-state index in [0.29, 0.717) is 17.5 Å². The van der Waals surface area contributed by atoms with Gasteiger partial charge in [-0.15, -0.1) is 24.0 Å². The van der Waals surface area contributed by atoms with Crippen molar-refractivity contribution in [3.63, 3.8) is 0 Å². The molecule has 2 rings (SSSR count). The summed E-state index contributed by atoms with van der Waals surface area (Å²) in [5.41, 5.74) is 0.828. The van der Waals surface area contributed by atoms with Gasteiger partial charge in [0.15, 0.2) is 5.96 Å². The predicted molar refractivity (Wildman–Crippen MR) is 114 cm³/mol. The van der Waals surface area contributed by atoms with Crippen molar-refractivity contribution in [2.75, 3.05) is 39.4 Å². The molecule has 0 radical (unpaired) electrons. The zero-order valence-electron chi connectivity index (χ0n) is 14.9. The summed E-state index contributed by atoms with van der Waals surface area (Å²) in [6.45, 7) is 8.70. The summed E-state index contributed by atoms with van der Waals surface area (Å²) < 4.78 is 5.53. The van der Waals surface area contributed by atoms with E-state index in [-0.39, 0.29) is 24.0 Å². The fourth-order valence-electron chi connectivity index (χ4n) is 2.83. The van der Waals surface area contributed by atoms with Crippen molar-refractivity contribution in [2.24, 2.45) is 10.9 Å². The first-order chi connectivity index (χ1) is 11.6. The Morgan fingerprint density at radius 2 is 2.12 bits per heavy atom. The van der Waals surface area contributed by atoms with Crippen LogP contribution in [-0.4, -0.2) is 55.4 Å². The minimum absolute atomic E-state index is 0. The van der Waals surface area contributed by atoms with Gasteiger partial charge in [0.05, 0.1) is 19.3 Å². The van der Waals surface area contributed by atoms with Crippen LogP contribution in [0.3, 0.4) is 0 Å². The molecule has 1 aromatic rings. The summed E-state index contributed by atoms with van der Waals surface area (Å²) in [5.74, 6) is 1.42. The molecule has 5 nitrogen and oxygen atoms in total. The molecule has 1 aliphatic heterocycles. The molecule has 0 aliphatic carbocycles. The maximum absolute atomic E-state index is 10.3. The number of aliphatic hydroxyl groups is 1. The van der Waals surface area contributed by atoms with E-state index >= 15 is 0 Å². The quantitative estimate of drug-likeness (QED) is 0.356. The lowest BCUT2D eigenvalue weighted by Gasteiger charge is -2.22. The summed E-state index contributed by atoms with van der Waals surface area (Å²) in [7, 11) is 0. The van der Waals surface area contributed by atoms with Gasteiger partial charge in [0.2, 0.25) is 0 Å². The number of halogens is 2. The van der Waals surface area contributed by atoms with Gasteiger partial charge in [-0.05, 0) is 38.0 Å². The monoisotopic (exact) mass is 481 g/mol. The molecule has 2 N–H and O–H groups in total. The van der Waals surface area contributed by atoms with Gasteiger partial charge in [0, 0.05) is 37.2 Å². The molecule has 2 atom stereocenters. The molecule has 1 heterocycles. The number of nitrogens with one attached hydrogen (secondary N) is 1. The highest BCUT2D eigenvalue weighted by Gasteiger charge is 2.25. The van der Waals surface area contributed by atoms with Gasteiger partial charge in [-0.3, -0.25) is 4.99 Å². The molecule has 0 saturated carbocycles. The predicted octanol–water partition coefficient (Wildman–Crippen LogP) is 3.32. The largest absolute Gasteiger partial charge is 0.386 e. The zero-order chi connectivity index (χ0) is 17.4. The van der Waals surface area contributed by atoms with E-state index in [1.165, 1.54) is 0 Å². The van der Waals surface area contributed by atoms with Crippen LogP contribution in [0.5, 0.6) is 0 Å². The number of rotatable bonds is 7. The number of likely N-dealkylation sites (tertiary alicyclic amines) is 1. The van der Waals surface area contributed by atoms with Crippen LogP contribution in [0.4, 0.5) is 0 Å². The van der Waals surface area contributed by atoms with Gasteiger partial charge >= 0.3 is 0 Å². The molecule has 2 unspecified atom stereocenters. The number of hydrogen-bond donors (Lipinski definition) is 2. The molecule has 0 amide bonds. The van der Waals surface area contributed by atoms with Crippen LogP contribution in [0, 0.1) is 5.92 Å². The average Bonchev–Trinajstić information content (AvgIpc) is 3.06. The van der Waals surface area contributed by atoms with Crippen LogP contribution >= 0.6 is 35.6 Å². The second-order valence-corrected chi connectivity index (χ2v) is 6.46. The molecule has 0 spiro atoms. The molecule has 25 heavy (non-hydrogen) atoms. The highest BCUT2D eigenvalue weighted by molar-refractivity contribution is 14.0. The van der Waals surface area contributed by atoms with E-state index in [1.807, 2.05) is 19.1 Å². The van der Waals surface area contributed by atoms with E-state index in [4.69, 9.17) is 16.3 Å². The Morgan fingerprint density at radius 1 is 1.40 bits per heavy atom. The summed E-state index contributed by atoms with van der Waals surface area (Å²) >= 11 is 5.88. The minimum Gasteiger partial charge on any atom is -0.386 e. The molecular formula is C18H29ClIN3O2. The van der Waals surface area contributed by atoms with Crippen LogP contribution in [-0.2, 0) is 4.74 Å². The topological polar surface area (TPSA) is 57.1 Å². The maximum atomic E-state index is 10.3. The number of hydrogen-bond acceptors (Lipinski definition) is 3. The third kappa shape index (κ3) is 7.29. The van der Waals surface area contributed by atoms with Crippen LogP contribution in [0.2, 0.25) is 5.02 Å². The number of guanidine groups is 1. The Kier molecular flexibility index (Phi) is 10.7. The molecule has 0 bridgehead atoms. The van der Waals surface area contributed by atoms with Gasteiger partial charge in [0.25, 0.3) is 0 Å². The van der Waals surface area contributed by atoms with Gasteiger partial charge < -0.3 is 20.1 Å². The molecule has 1 aliphatic rings. The molecule has 142 valence electrons. The molecule has 1 fully saturated rings. The first-order valence-electron chi connectivity index (χ1n) is 8.68. The molecule has 1 saturated heterocycles. The van der Waals surface area contributed by atoms with Gasteiger partial charge in [0.1, 0.15) is 0 Å². The van der Waals surface area contributed by atoms with Gasteiger partial charge in [-0.25, -0.2) is 0 Å². The standard InChI is InChI=1S/C18H28ClN3O2.HI/c1-3-20-18(22-10-9-14(12-22)13-24-4-2)21-11-17(23)15-5-7-16(19)8-6-15;/h5-8,14,17,23H,3-4,9-13H2,1-2H3,(H,20,21);1H. The third-order valence-electron chi connectivity index (χ3n) is 4.15. The second kappa shape index (κ2) is 11.9. The number of benzene rings is 1. The SMILES string of the molecule is CCNC(=NCC(O)c1ccc(Cl)cc1)N1CCC(COCC)C1.I. The Hall–Kier alpha value is -0.570. The Bertz CT molecular complexity index is 528. The fraction of sp³-hybridized carbons (Fsp3) is 0.611. The van der Waals surface area contributed by atoms with E-state index in [2.05, 4.69) is 22.1 Å². The third-order valence-corrected chi connectivity index (χ3v) is 4.40. The Labute approximate surface area is 172 Å². The lowest BCUT2D eigenvalue weighted by atomic mass is 10.1. The summed E-state index contributed by atoms with van der Waals surface area (Å²) in [6.07, 6.45) is 0.488. The van der Waals surface area contributed by atoms with Gasteiger partial charge in [-0.2, -0.15) is 0 Å². The average molecular weight is 482 g/mol. The van der Waals surface area contributed by atoms with Crippen LogP contribution in [0.15, 0.2) is 29.3 Å². The smallest absolute Gasteiger partial charge is 0.194 e. The Morgan fingerprint density at radius 3 is 2.76 bits per heavy atom. The molecule has 0 aromatic heterocycles. The summed E-state index contributed by atoms with van der Waals surface area (Å²) in [6, 6.07) is 7.24. The number of ether oxygens (including phenoxy) is 1. The van der Waals surface area contributed by atoms with Crippen molar-refractivity contribution in [3.8, 4) is 0 Å². The first-order valence-corrected chi connectivity index (χ1v) is 9.06.